The molecule has 0 unspecified atom stereocenters. The molecule has 0 spiro atoms. The molecule has 0 amide bonds. The van der Waals surface area contributed by atoms with Crippen LogP contribution in [-0.4, -0.2) is 45.3 Å². The third-order valence-corrected chi connectivity index (χ3v) is 5.58. The minimum Gasteiger partial charge on any atom is -0.493 e. The number of methoxy groups -OCH3 is 2. The van der Waals surface area contributed by atoms with Crippen molar-refractivity contribution in [1.82, 2.24) is 0 Å². The molecule has 0 saturated carbocycles. The Kier molecular flexibility index (Phi) is 6.49. The van der Waals surface area contributed by atoms with E-state index < -0.39 is 0 Å². The summed E-state index contributed by atoms with van der Waals surface area (Å²) in [5, 5.41) is 11.2. The van der Waals surface area contributed by atoms with Gasteiger partial charge in [-0.3, -0.25) is 10.1 Å². The van der Waals surface area contributed by atoms with Crippen molar-refractivity contribution in [3.05, 3.63) is 63.2 Å². The van der Waals surface area contributed by atoms with Crippen molar-refractivity contribution >= 4 is 5.69 Å². The fraction of sp³-hybridized carbons (Fsp3) is 0.429. The molecule has 0 bridgehead atoms. The summed E-state index contributed by atoms with van der Waals surface area (Å²) in [6, 6.07) is 11.2. The number of benzene rings is 2. The van der Waals surface area contributed by atoms with E-state index >= 15 is 0 Å². The molecule has 2 aromatic rings. The molecule has 0 aliphatic carbocycles. The standard InChI is InChI=1S/C21H27N3O4/c1-16-12-20(27-2)21(28-3)13-18(16)15-23-10-8-22(9-11-23)14-17-6-4-5-7-19(17)24(25)26/h4-7,12-13H,8-11,14-15H2,1-3H3/p+2. The van der Waals surface area contributed by atoms with Crippen LogP contribution in [0.4, 0.5) is 5.69 Å². The topological polar surface area (TPSA) is 70.5 Å². The molecule has 0 radical (unpaired) electrons. The van der Waals surface area contributed by atoms with Crippen LogP contribution in [0.15, 0.2) is 36.4 Å². The third-order valence-electron chi connectivity index (χ3n) is 5.58. The summed E-state index contributed by atoms with van der Waals surface area (Å²) in [4.78, 5) is 13.9. The Labute approximate surface area is 165 Å². The van der Waals surface area contributed by atoms with Gasteiger partial charge in [0, 0.05) is 11.6 Å². The number of nitrogens with one attached hydrogen (secondary N) is 2. The molecule has 150 valence electrons. The molecule has 0 aromatic heterocycles. The Balaban J connectivity index is 1.60. The second-order valence-corrected chi connectivity index (χ2v) is 7.37. The molecule has 2 N–H and O–H groups in total. The van der Waals surface area contributed by atoms with Crippen molar-refractivity contribution < 1.29 is 24.2 Å². The summed E-state index contributed by atoms with van der Waals surface area (Å²) in [6.07, 6.45) is 0. The van der Waals surface area contributed by atoms with Crippen LogP contribution in [0.3, 0.4) is 0 Å². The summed E-state index contributed by atoms with van der Waals surface area (Å²) >= 11 is 0. The smallest absolute Gasteiger partial charge is 0.278 e. The Morgan fingerprint density at radius 1 is 0.929 bits per heavy atom. The van der Waals surface area contributed by atoms with Crippen LogP contribution in [0.5, 0.6) is 11.5 Å². The summed E-state index contributed by atoms with van der Waals surface area (Å²) in [7, 11) is 3.32. The molecule has 1 aliphatic rings. The molecular formula is C21H29N3O4+2. The number of hydrogen-bond acceptors (Lipinski definition) is 4. The second-order valence-electron chi connectivity index (χ2n) is 7.37. The van der Waals surface area contributed by atoms with E-state index in [1.165, 1.54) is 20.9 Å². The van der Waals surface area contributed by atoms with E-state index in [2.05, 4.69) is 13.0 Å². The largest absolute Gasteiger partial charge is 0.493 e. The Bertz CT molecular complexity index is 832. The van der Waals surface area contributed by atoms with Crippen LogP contribution < -0.4 is 19.3 Å². The minimum absolute atomic E-state index is 0.228. The molecule has 28 heavy (non-hydrogen) atoms. The van der Waals surface area contributed by atoms with Crippen molar-refractivity contribution in [1.29, 1.82) is 0 Å². The molecule has 3 rings (SSSR count). The minimum atomic E-state index is -0.282. The van der Waals surface area contributed by atoms with Crippen LogP contribution in [0, 0.1) is 17.0 Å². The molecular weight excluding hydrogens is 358 g/mol. The van der Waals surface area contributed by atoms with E-state index in [0.29, 0.717) is 6.54 Å². The van der Waals surface area contributed by atoms with Crippen LogP contribution in [0.25, 0.3) is 0 Å². The fourth-order valence-corrected chi connectivity index (χ4v) is 3.90. The van der Waals surface area contributed by atoms with Crippen LogP contribution in [0.2, 0.25) is 0 Å². The van der Waals surface area contributed by atoms with Gasteiger partial charge in [0.25, 0.3) is 5.69 Å². The first-order valence-corrected chi connectivity index (χ1v) is 9.62. The molecule has 2 aromatic carbocycles. The highest BCUT2D eigenvalue weighted by molar-refractivity contribution is 5.46. The van der Waals surface area contributed by atoms with Gasteiger partial charge in [0.2, 0.25) is 0 Å². The first-order chi connectivity index (χ1) is 13.5. The molecule has 1 aliphatic heterocycles. The number of ether oxygens (including phenoxy) is 2. The number of rotatable bonds is 7. The molecule has 7 heteroatoms. The van der Waals surface area contributed by atoms with Gasteiger partial charge in [-0.1, -0.05) is 12.1 Å². The number of hydrogen-bond donors (Lipinski definition) is 2. The Morgan fingerprint density at radius 2 is 1.46 bits per heavy atom. The number of nitro benzene ring substituents is 1. The van der Waals surface area contributed by atoms with Crippen LogP contribution in [0.1, 0.15) is 16.7 Å². The maximum atomic E-state index is 11.2. The van der Waals surface area contributed by atoms with Gasteiger partial charge in [-0.05, 0) is 30.7 Å². The highest BCUT2D eigenvalue weighted by Gasteiger charge is 2.26. The highest BCUT2D eigenvalue weighted by atomic mass is 16.6. The maximum Gasteiger partial charge on any atom is 0.278 e. The first kappa shape index (κ1) is 20.1. The molecule has 0 atom stereocenters. The Morgan fingerprint density at radius 3 is 2.04 bits per heavy atom. The summed E-state index contributed by atoms with van der Waals surface area (Å²) < 4.78 is 10.8. The van der Waals surface area contributed by atoms with Crippen LogP contribution >= 0.6 is 0 Å². The van der Waals surface area contributed by atoms with Crippen molar-refractivity contribution in [2.24, 2.45) is 0 Å². The van der Waals surface area contributed by atoms with E-state index in [1.807, 2.05) is 18.2 Å². The summed E-state index contributed by atoms with van der Waals surface area (Å²) in [6.45, 7) is 7.87. The molecule has 1 saturated heterocycles. The molecule has 7 nitrogen and oxygen atoms in total. The average Bonchev–Trinajstić information content (AvgIpc) is 2.70. The van der Waals surface area contributed by atoms with Crippen molar-refractivity contribution in [2.45, 2.75) is 20.0 Å². The van der Waals surface area contributed by atoms with Crippen molar-refractivity contribution in [3.8, 4) is 11.5 Å². The van der Waals surface area contributed by atoms with E-state index in [0.717, 1.165) is 49.8 Å². The van der Waals surface area contributed by atoms with Gasteiger partial charge < -0.3 is 19.3 Å². The van der Waals surface area contributed by atoms with E-state index in [9.17, 15) is 10.1 Å². The number of para-hydroxylation sites is 1. The average molecular weight is 387 g/mol. The summed E-state index contributed by atoms with van der Waals surface area (Å²) in [5.74, 6) is 1.53. The van der Waals surface area contributed by atoms with Gasteiger partial charge in [-0.2, -0.15) is 0 Å². The zero-order valence-electron chi connectivity index (χ0n) is 16.8. The number of aryl methyl sites for hydroxylation is 1. The quantitative estimate of drug-likeness (QED) is 0.533. The second kappa shape index (κ2) is 9.03. The predicted molar refractivity (Wildman–Crippen MR) is 106 cm³/mol. The van der Waals surface area contributed by atoms with Gasteiger partial charge in [0.1, 0.15) is 39.3 Å². The lowest BCUT2D eigenvalue weighted by Crippen LogP contribution is -3.27. The van der Waals surface area contributed by atoms with Gasteiger partial charge in [0.15, 0.2) is 11.5 Å². The van der Waals surface area contributed by atoms with Crippen LogP contribution in [-0.2, 0) is 13.1 Å². The lowest BCUT2D eigenvalue weighted by atomic mass is 10.1. The predicted octanol–water partition coefficient (Wildman–Crippen LogP) is 0.404. The third kappa shape index (κ3) is 4.61. The lowest BCUT2D eigenvalue weighted by molar-refractivity contribution is -1.02. The number of quaternary nitrogens is 2. The fourth-order valence-electron chi connectivity index (χ4n) is 3.90. The number of piperazine rings is 1. The van der Waals surface area contributed by atoms with E-state index in [1.54, 1.807) is 26.4 Å². The zero-order valence-corrected chi connectivity index (χ0v) is 16.8. The number of nitrogens with zero attached hydrogens (tertiary/aromatic N) is 1. The maximum absolute atomic E-state index is 11.2. The monoisotopic (exact) mass is 387 g/mol. The first-order valence-electron chi connectivity index (χ1n) is 9.62. The van der Waals surface area contributed by atoms with Gasteiger partial charge in [-0.15, -0.1) is 0 Å². The number of nitro groups is 1. The van der Waals surface area contributed by atoms with Gasteiger partial charge >= 0.3 is 0 Å². The van der Waals surface area contributed by atoms with E-state index in [4.69, 9.17) is 9.47 Å². The normalized spacial score (nSPS) is 19.2. The van der Waals surface area contributed by atoms with Crippen molar-refractivity contribution in [3.63, 3.8) is 0 Å². The zero-order chi connectivity index (χ0) is 20.1. The molecule has 1 fully saturated rings. The van der Waals surface area contributed by atoms with Gasteiger partial charge in [0.05, 0.1) is 24.7 Å². The lowest BCUT2D eigenvalue weighted by Gasteiger charge is -2.30. The molecule has 1 heterocycles. The highest BCUT2D eigenvalue weighted by Crippen LogP contribution is 2.29. The Hall–Kier alpha value is -2.64. The summed E-state index contributed by atoms with van der Waals surface area (Å²) in [5.41, 5.74) is 3.53. The SMILES string of the molecule is COc1cc(C)c(C[NH+]2CC[NH+](Cc3ccccc3[N+](=O)[O-])CC2)cc1OC. The van der Waals surface area contributed by atoms with Gasteiger partial charge in [-0.25, -0.2) is 0 Å². The van der Waals surface area contributed by atoms with E-state index in [-0.39, 0.29) is 10.6 Å². The van der Waals surface area contributed by atoms with Crippen molar-refractivity contribution in [2.75, 3.05) is 40.4 Å².